The molecular formula is C43H28N2O. The number of para-hydroxylation sites is 3. The van der Waals surface area contributed by atoms with Crippen molar-refractivity contribution in [3.05, 3.63) is 151 Å². The van der Waals surface area contributed by atoms with Gasteiger partial charge in [-0.3, -0.25) is 0 Å². The number of furan rings is 1. The van der Waals surface area contributed by atoms with E-state index < -0.39 is 0 Å². The molecular weight excluding hydrogens is 560 g/mol. The van der Waals surface area contributed by atoms with E-state index in [1.54, 1.807) is 0 Å². The smallest absolute Gasteiger partial charge is 0.135 e. The number of hydrogen-bond donors (Lipinski definition) is 0. The first-order valence-electron chi connectivity index (χ1n) is 15.5. The van der Waals surface area contributed by atoms with E-state index in [9.17, 15) is 0 Å². The summed E-state index contributed by atoms with van der Waals surface area (Å²) in [5, 5.41) is 5.90. The average Bonchev–Trinajstić information content (AvgIpc) is 3.74. The van der Waals surface area contributed by atoms with Crippen LogP contribution in [0.1, 0.15) is 11.3 Å². The van der Waals surface area contributed by atoms with Gasteiger partial charge in [0.15, 0.2) is 0 Å². The number of hydrogen-bond acceptors (Lipinski definition) is 1. The van der Waals surface area contributed by atoms with Crippen LogP contribution in [-0.4, -0.2) is 9.13 Å². The first-order chi connectivity index (χ1) is 22.7. The van der Waals surface area contributed by atoms with Crippen LogP contribution in [0.4, 0.5) is 0 Å². The Bertz CT molecular complexity index is 2710. The second kappa shape index (κ2) is 10.2. The third-order valence-electron chi connectivity index (χ3n) is 9.23. The van der Waals surface area contributed by atoms with Crippen molar-refractivity contribution in [2.75, 3.05) is 0 Å². The maximum Gasteiger partial charge on any atom is 0.135 e. The molecule has 3 aromatic heterocycles. The zero-order valence-corrected chi connectivity index (χ0v) is 25.2. The van der Waals surface area contributed by atoms with Gasteiger partial charge in [-0.2, -0.15) is 0 Å². The number of terminal acetylenes is 1. The molecule has 0 aliphatic rings. The molecule has 0 aliphatic heterocycles. The molecule has 3 heterocycles. The van der Waals surface area contributed by atoms with Gasteiger partial charge in [0.25, 0.3) is 0 Å². The van der Waals surface area contributed by atoms with E-state index in [1.165, 1.54) is 27.2 Å². The van der Waals surface area contributed by atoms with Crippen LogP contribution in [0.5, 0.6) is 0 Å². The van der Waals surface area contributed by atoms with Crippen molar-refractivity contribution < 1.29 is 4.42 Å². The van der Waals surface area contributed by atoms with Crippen LogP contribution in [0.25, 0.3) is 83.2 Å². The van der Waals surface area contributed by atoms with Crippen molar-refractivity contribution >= 4 is 60.7 Å². The molecule has 0 bridgehead atoms. The van der Waals surface area contributed by atoms with Gasteiger partial charge in [-0.25, -0.2) is 0 Å². The summed E-state index contributed by atoms with van der Waals surface area (Å²) in [5.74, 6) is 2.73. The SMILES string of the molecule is C#C/C=C\c1c(C)n(-c2cccc(-c3ccc4oc5ccccc5c4c3)c2)c2ccc3c(c4ccccc4n3-c3ccccc3)c12. The monoisotopic (exact) mass is 588 g/mol. The maximum absolute atomic E-state index is 6.10. The highest BCUT2D eigenvalue weighted by molar-refractivity contribution is 6.23. The summed E-state index contributed by atoms with van der Waals surface area (Å²) in [6, 6.07) is 47.3. The summed E-state index contributed by atoms with van der Waals surface area (Å²) in [4.78, 5) is 0. The molecule has 0 atom stereocenters. The van der Waals surface area contributed by atoms with Crippen LogP contribution < -0.4 is 0 Å². The van der Waals surface area contributed by atoms with Gasteiger partial charge in [-0.05, 0) is 90.9 Å². The lowest BCUT2D eigenvalue weighted by Gasteiger charge is -2.12. The van der Waals surface area contributed by atoms with Gasteiger partial charge in [0.2, 0.25) is 0 Å². The second-order valence-corrected chi connectivity index (χ2v) is 11.7. The van der Waals surface area contributed by atoms with Crippen LogP contribution in [0.2, 0.25) is 0 Å². The van der Waals surface area contributed by atoms with Crippen LogP contribution >= 0.6 is 0 Å². The molecule has 9 rings (SSSR count). The number of allylic oxidation sites excluding steroid dienone is 1. The molecule has 0 unspecified atom stereocenters. The predicted octanol–water partition coefficient (Wildman–Crippen LogP) is 11.2. The molecule has 0 saturated carbocycles. The quantitative estimate of drug-likeness (QED) is 0.188. The van der Waals surface area contributed by atoms with Gasteiger partial charge in [-0.1, -0.05) is 78.7 Å². The molecule has 0 spiro atoms. The molecule has 0 amide bonds. The van der Waals surface area contributed by atoms with Gasteiger partial charge in [-0.15, -0.1) is 6.42 Å². The highest BCUT2D eigenvalue weighted by Gasteiger charge is 2.21. The van der Waals surface area contributed by atoms with Crippen molar-refractivity contribution in [3.63, 3.8) is 0 Å². The summed E-state index contributed by atoms with van der Waals surface area (Å²) in [5.41, 5.74) is 12.1. The zero-order chi connectivity index (χ0) is 30.8. The van der Waals surface area contributed by atoms with Crippen LogP contribution in [-0.2, 0) is 0 Å². The van der Waals surface area contributed by atoms with E-state index >= 15 is 0 Å². The van der Waals surface area contributed by atoms with Crippen LogP contribution in [0, 0.1) is 19.3 Å². The van der Waals surface area contributed by atoms with Gasteiger partial charge in [0, 0.05) is 49.6 Å². The van der Waals surface area contributed by atoms with Crippen molar-refractivity contribution in [1.82, 2.24) is 9.13 Å². The van der Waals surface area contributed by atoms with E-state index in [0.29, 0.717) is 0 Å². The lowest BCUT2D eigenvalue weighted by atomic mass is 10.0. The zero-order valence-electron chi connectivity index (χ0n) is 25.2. The molecule has 0 saturated heterocycles. The molecule has 0 aliphatic carbocycles. The van der Waals surface area contributed by atoms with Crippen molar-refractivity contribution in [2.45, 2.75) is 6.92 Å². The van der Waals surface area contributed by atoms with E-state index in [-0.39, 0.29) is 0 Å². The van der Waals surface area contributed by atoms with Crippen molar-refractivity contribution in [1.29, 1.82) is 0 Å². The van der Waals surface area contributed by atoms with Crippen molar-refractivity contribution in [3.8, 4) is 34.8 Å². The Morgan fingerprint density at radius 3 is 2.11 bits per heavy atom. The van der Waals surface area contributed by atoms with Gasteiger partial charge >= 0.3 is 0 Å². The molecule has 0 N–H and O–H groups in total. The Labute approximate surface area is 266 Å². The van der Waals surface area contributed by atoms with Gasteiger partial charge < -0.3 is 13.6 Å². The molecule has 6 aromatic carbocycles. The van der Waals surface area contributed by atoms with Crippen LogP contribution in [0.15, 0.2) is 144 Å². The third-order valence-corrected chi connectivity index (χ3v) is 9.23. The molecule has 0 fully saturated rings. The number of nitrogens with zero attached hydrogens (tertiary/aromatic N) is 2. The Hall–Kier alpha value is -6.24. The summed E-state index contributed by atoms with van der Waals surface area (Å²) in [6.07, 6.45) is 9.66. The normalized spacial score (nSPS) is 11.9. The minimum Gasteiger partial charge on any atom is -0.456 e. The molecule has 216 valence electrons. The lowest BCUT2D eigenvalue weighted by Crippen LogP contribution is -1.97. The molecule has 3 nitrogen and oxygen atoms in total. The van der Waals surface area contributed by atoms with E-state index in [2.05, 4.69) is 149 Å². The molecule has 9 aromatic rings. The first kappa shape index (κ1) is 26.2. The van der Waals surface area contributed by atoms with Gasteiger partial charge in [0.05, 0.1) is 16.6 Å². The van der Waals surface area contributed by atoms with Gasteiger partial charge in [0.1, 0.15) is 11.2 Å². The fraction of sp³-hybridized carbons (Fsp3) is 0.0233. The number of aromatic nitrogens is 2. The molecule has 0 radical (unpaired) electrons. The number of fused-ring (bicyclic) bond motifs is 8. The molecule has 46 heavy (non-hydrogen) atoms. The standard InChI is InChI=1S/C43H28N2O/c1-3-4-17-33-28(2)44(32-16-12-13-29(26-32)30-22-25-41-36(27-30)34-18-9-11-21-40(34)46-41)38-23-24-39-43(42(33)38)35-19-8-10-20-37(35)45(39)31-14-6-5-7-15-31/h1,4-27H,2H3/b17-4-. The number of benzene rings is 6. The first-order valence-corrected chi connectivity index (χ1v) is 15.5. The lowest BCUT2D eigenvalue weighted by molar-refractivity contribution is 0.669. The average molecular weight is 589 g/mol. The predicted molar refractivity (Wildman–Crippen MR) is 193 cm³/mol. The minimum absolute atomic E-state index is 0.900. The second-order valence-electron chi connectivity index (χ2n) is 11.7. The van der Waals surface area contributed by atoms with E-state index in [1.807, 2.05) is 18.2 Å². The summed E-state index contributed by atoms with van der Waals surface area (Å²) in [7, 11) is 0. The number of rotatable bonds is 4. The minimum atomic E-state index is 0.900. The van der Waals surface area contributed by atoms with Crippen molar-refractivity contribution in [2.24, 2.45) is 0 Å². The largest absolute Gasteiger partial charge is 0.456 e. The fourth-order valence-corrected chi connectivity index (χ4v) is 7.24. The van der Waals surface area contributed by atoms with E-state index in [4.69, 9.17) is 10.8 Å². The van der Waals surface area contributed by atoms with E-state index in [0.717, 1.165) is 61.2 Å². The molecule has 3 heteroatoms. The Morgan fingerprint density at radius 1 is 0.565 bits per heavy atom. The topological polar surface area (TPSA) is 23.0 Å². The Kier molecular flexibility index (Phi) is 5.78. The highest BCUT2D eigenvalue weighted by Crippen LogP contribution is 2.42. The Balaban J connectivity index is 1.31. The fourth-order valence-electron chi connectivity index (χ4n) is 7.24. The maximum atomic E-state index is 6.10. The summed E-state index contributed by atoms with van der Waals surface area (Å²) in [6.45, 7) is 2.19. The summed E-state index contributed by atoms with van der Waals surface area (Å²) < 4.78 is 10.8. The third kappa shape index (κ3) is 3.81. The highest BCUT2D eigenvalue weighted by atomic mass is 16.3. The van der Waals surface area contributed by atoms with Crippen LogP contribution in [0.3, 0.4) is 0 Å². The Morgan fingerprint density at radius 2 is 1.26 bits per heavy atom. The summed E-state index contributed by atoms with van der Waals surface area (Å²) >= 11 is 0.